The van der Waals surface area contributed by atoms with Crippen LogP contribution in [0.25, 0.3) is 0 Å². The van der Waals surface area contributed by atoms with Crippen LogP contribution in [0.5, 0.6) is 0 Å². The maximum absolute atomic E-state index is 4.61. The molecule has 0 saturated carbocycles. The van der Waals surface area contributed by atoms with Crippen LogP contribution in [-0.2, 0) is 6.54 Å². The summed E-state index contributed by atoms with van der Waals surface area (Å²) in [6.45, 7) is 0.716. The molecule has 0 aliphatic carbocycles. The Balaban J connectivity index is 1.85. The predicted molar refractivity (Wildman–Crippen MR) is 90.9 cm³/mol. The Morgan fingerprint density at radius 1 is 0.818 bits per heavy atom. The standard InChI is InChI=1S/C19H17N3/c1-3-9-17(10-4-1)16-22(19-12-5-2-6-13-19)21-15-18-11-7-8-14-20-18/h1-15H,16H2. The van der Waals surface area contributed by atoms with Gasteiger partial charge in [-0.05, 0) is 29.8 Å². The second-order valence-electron chi connectivity index (χ2n) is 4.88. The van der Waals surface area contributed by atoms with Gasteiger partial charge in [0.15, 0.2) is 0 Å². The summed E-state index contributed by atoms with van der Waals surface area (Å²) in [4.78, 5) is 4.28. The van der Waals surface area contributed by atoms with E-state index in [-0.39, 0.29) is 0 Å². The average Bonchev–Trinajstić information content (AvgIpc) is 2.61. The number of nitrogens with zero attached hydrogens (tertiary/aromatic N) is 3. The van der Waals surface area contributed by atoms with Gasteiger partial charge in [0.25, 0.3) is 0 Å². The fraction of sp³-hybridized carbons (Fsp3) is 0.0526. The van der Waals surface area contributed by atoms with E-state index < -0.39 is 0 Å². The lowest BCUT2D eigenvalue weighted by atomic mass is 10.2. The van der Waals surface area contributed by atoms with E-state index in [1.807, 2.05) is 59.6 Å². The molecule has 3 nitrogen and oxygen atoms in total. The maximum Gasteiger partial charge on any atom is 0.0830 e. The van der Waals surface area contributed by atoms with Crippen molar-refractivity contribution in [2.24, 2.45) is 5.10 Å². The topological polar surface area (TPSA) is 28.5 Å². The highest BCUT2D eigenvalue weighted by Crippen LogP contribution is 2.17. The van der Waals surface area contributed by atoms with Crippen LogP contribution >= 0.6 is 0 Å². The molecule has 0 saturated heterocycles. The van der Waals surface area contributed by atoms with Crippen molar-refractivity contribution in [3.05, 3.63) is 96.3 Å². The lowest BCUT2D eigenvalue weighted by molar-refractivity contribution is 0.858. The first-order valence-corrected chi connectivity index (χ1v) is 7.23. The van der Waals surface area contributed by atoms with Crippen molar-refractivity contribution in [1.82, 2.24) is 4.98 Å². The van der Waals surface area contributed by atoms with E-state index in [1.54, 1.807) is 12.4 Å². The first kappa shape index (κ1) is 14.0. The lowest BCUT2D eigenvalue weighted by Gasteiger charge is -2.19. The minimum Gasteiger partial charge on any atom is -0.261 e. The summed E-state index contributed by atoms with van der Waals surface area (Å²) in [7, 11) is 0. The van der Waals surface area contributed by atoms with Crippen LogP contribution in [0.15, 0.2) is 90.2 Å². The summed E-state index contributed by atoms with van der Waals surface area (Å²) in [6, 6.07) is 26.3. The molecule has 0 bridgehead atoms. The Hall–Kier alpha value is -2.94. The van der Waals surface area contributed by atoms with Gasteiger partial charge in [-0.2, -0.15) is 5.10 Å². The minimum atomic E-state index is 0.716. The Bertz CT molecular complexity index is 709. The molecule has 0 N–H and O–H groups in total. The summed E-state index contributed by atoms with van der Waals surface area (Å²) >= 11 is 0. The van der Waals surface area contributed by atoms with Crippen LogP contribution in [0, 0.1) is 0 Å². The highest BCUT2D eigenvalue weighted by molar-refractivity contribution is 5.77. The Morgan fingerprint density at radius 2 is 1.50 bits per heavy atom. The number of para-hydroxylation sites is 1. The largest absolute Gasteiger partial charge is 0.261 e. The van der Waals surface area contributed by atoms with Gasteiger partial charge in [0, 0.05) is 6.20 Å². The van der Waals surface area contributed by atoms with Crippen LogP contribution in [-0.4, -0.2) is 11.2 Å². The van der Waals surface area contributed by atoms with Gasteiger partial charge in [0.2, 0.25) is 0 Å². The molecule has 1 aromatic heterocycles. The first-order chi connectivity index (χ1) is 10.9. The molecule has 0 unspecified atom stereocenters. The number of pyridine rings is 1. The van der Waals surface area contributed by atoms with Gasteiger partial charge in [-0.3, -0.25) is 9.99 Å². The summed E-state index contributed by atoms with van der Waals surface area (Å²) in [5.74, 6) is 0. The number of hydrogen-bond acceptors (Lipinski definition) is 3. The minimum absolute atomic E-state index is 0.716. The number of rotatable bonds is 5. The van der Waals surface area contributed by atoms with E-state index in [0.29, 0.717) is 6.54 Å². The highest BCUT2D eigenvalue weighted by atomic mass is 15.4. The van der Waals surface area contributed by atoms with Crippen molar-refractivity contribution in [1.29, 1.82) is 0 Å². The molecule has 1 heterocycles. The van der Waals surface area contributed by atoms with E-state index in [4.69, 9.17) is 0 Å². The second-order valence-corrected chi connectivity index (χ2v) is 4.88. The van der Waals surface area contributed by atoms with Gasteiger partial charge in [-0.15, -0.1) is 0 Å². The van der Waals surface area contributed by atoms with Crippen molar-refractivity contribution in [2.45, 2.75) is 6.54 Å². The third-order valence-electron chi connectivity index (χ3n) is 3.25. The fourth-order valence-electron chi connectivity index (χ4n) is 2.14. The molecule has 2 aromatic carbocycles. The lowest BCUT2D eigenvalue weighted by Crippen LogP contribution is -2.16. The second kappa shape index (κ2) is 7.18. The number of hydrogen-bond donors (Lipinski definition) is 0. The van der Waals surface area contributed by atoms with Crippen LogP contribution in [0.3, 0.4) is 0 Å². The fourth-order valence-corrected chi connectivity index (χ4v) is 2.14. The Kier molecular flexibility index (Phi) is 4.57. The van der Waals surface area contributed by atoms with Crippen LogP contribution in [0.4, 0.5) is 5.69 Å². The first-order valence-electron chi connectivity index (χ1n) is 7.23. The molecule has 3 heteroatoms. The summed E-state index contributed by atoms with van der Waals surface area (Å²) in [5, 5.41) is 6.58. The van der Waals surface area contributed by atoms with E-state index in [1.165, 1.54) is 5.56 Å². The van der Waals surface area contributed by atoms with Gasteiger partial charge >= 0.3 is 0 Å². The quantitative estimate of drug-likeness (QED) is 0.521. The van der Waals surface area contributed by atoms with Crippen molar-refractivity contribution in [3.8, 4) is 0 Å². The summed E-state index contributed by atoms with van der Waals surface area (Å²) < 4.78 is 0. The Morgan fingerprint density at radius 3 is 2.18 bits per heavy atom. The van der Waals surface area contributed by atoms with Gasteiger partial charge in [-0.1, -0.05) is 54.6 Å². The molecular weight excluding hydrogens is 270 g/mol. The van der Waals surface area contributed by atoms with Crippen LogP contribution in [0.1, 0.15) is 11.3 Å². The zero-order valence-corrected chi connectivity index (χ0v) is 12.2. The van der Waals surface area contributed by atoms with Crippen molar-refractivity contribution in [3.63, 3.8) is 0 Å². The molecule has 0 atom stereocenters. The van der Waals surface area contributed by atoms with Crippen LogP contribution < -0.4 is 5.01 Å². The predicted octanol–water partition coefficient (Wildman–Crippen LogP) is 4.12. The number of aromatic nitrogens is 1. The van der Waals surface area contributed by atoms with E-state index in [9.17, 15) is 0 Å². The van der Waals surface area contributed by atoms with Gasteiger partial charge < -0.3 is 0 Å². The number of benzene rings is 2. The molecule has 0 fully saturated rings. The normalized spacial score (nSPS) is 10.7. The summed E-state index contributed by atoms with van der Waals surface area (Å²) in [5.41, 5.74) is 3.11. The number of hydrazone groups is 1. The molecule has 0 aliphatic rings. The molecule has 3 rings (SSSR count). The third-order valence-corrected chi connectivity index (χ3v) is 3.25. The molecule has 22 heavy (non-hydrogen) atoms. The smallest absolute Gasteiger partial charge is 0.0830 e. The van der Waals surface area contributed by atoms with Gasteiger partial charge in [0.05, 0.1) is 24.1 Å². The zero-order valence-electron chi connectivity index (χ0n) is 12.2. The van der Waals surface area contributed by atoms with Crippen LogP contribution in [0.2, 0.25) is 0 Å². The monoisotopic (exact) mass is 287 g/mol. The Labute approximate surface area is 130 Å². The van der Waals surface area contributed by atoms with E-state index in [0.717, 1.165) is 11.4 Å². The SMILES string of the molecule is C(=NN(Cc1ccccc1)c1ccccc1)c1ccccn1. The third kappa shape index (κ3) is 3.79. The maximum atomic E-state index is 4.61. The van der Waals surface area contributed by atoms with Crippen molar-refractivity contribution < 1.29 is 0 Å². The van der Waals surface area contributed by atoms with Gasteiger partial charge in [0.1, 0.15) is 0 Å². The average molecular weight is 287 g/mol. The van der Waals surface area contributed by atoms with E-state index in [2.05, 4.69) is 34.4 Å². The molecule has 0 spiro atoms. The summed E-state index contributed by atoms with van der Waals surface area (Å²) in [6.07, 6.45) is 3.56. The number of anilines is 1. The molecule has 108 valence electrons. The molecular formula is C19H17N3. The molecule has 0 radical (unpaired) electrons. The molecule has 3 aromatic rings. The van der Waals surface area contributed by atoms with Crippen molar-refractivity contribution in [2.75, 3.05) is 5.01 Å². The zero-order chi connectivity index (χ0) is 15.0. The van der Waals surface area contributed by atoms with Gasteiger partial charge in [-0.25, -0.2) is 0 Å². The van der Waals surface area contributed by atoms with Crippen molar-refractivity contribution >= 4 is 11.9 Å². The van der Waals surface area contributed by atoms with E-state index >= 15 is 0 Å². The molecule has 0 aliphatic heterocycles. The molecule has 0 amide bonds. The highest BCUT2D eigenvalue weighted by Gasteiger charge is 2.05.